The van der Waals surface area contributed by atoms with Gasteiger partial charge in [-0.3, -0.25) is 9.67 Å². The molecule has 118 valence electrons. The largest absolute Gasteiger partial charge is 0.380 e. The van der Waals surface area contributed by atoms with Gasteiger partial charge in [-0.1, -0.05) is 6.07 Å². The fraction of sp³-hybridized carbons (Fsp3) is 0.400. The minimum absolute atomic E-state index is 0.0578. The molecule has 0 aliphatic carbocycles. The lowest BCUT2D eigenvalue weighted by Crippen LogP contribution is -2.42. The zero-order valence-corrected chi connectivity index (χ0v) is 13.0. The maximum atomic E-state index is 11.9. The number of urea groups is 1. The van der Waals surface area contributed by atoms with Crippen molar-refractivity contribution in [3.63, 3.8) is 0 Å². The van der Waals surface area contributed by atoms with Gasteiger partial charge in [-0.25, -0.2) is 4.79 Å². The quantitative estimate of drug-likeness (QED) is 0.853. The molecule has 0 unspecified atom stereocenters. The predicted molar refractivity (Wildman–Crippen MR) is 83.7 cm³/mol. The summed E-state index contributed by atoms with van der Waals surface area (Å²) in [5.74, 6) is 0. The Hall–Kier alpha value is -2.41. The third-order valence-corrected chi connectivity index (χ3v) is 3.38. The second kappa shape index (κ2) is 7.56. The molecule has 2 rings (SSSR count). The third-order valence-electron chi connectivity index (χ3n) is 3.38. The average molecular weight is 303 g/mol. The first-order chi connectivity index (χ1) is 10.6. The number of carbonyl (C=O) groups excluding carboxylic acids is 1. The molecule has 0 fully saturated rings. The lowest BCUT2D eigenvalue weighted by atomic mass is 10.2. The summed E-state index contributed by atoms with van der Waals surface area (Å²) < 4.78 is 6.89. The molecule has 7 nitrogen and oxygen atoms in total. The van der Waals surface area contributed by atoms with E-state index in [1.807, 2.05) is 32.0 Å². The van der Waals surface area contributed by atoms with Crippen LogP contribution in [-0.4, -0.2) is 40.1 Å². The highest BCUT2D eigenvalue weighted by molar-refractivity contribution is 5.89. The number of pyridine rings is 1. The lowest BCUT2D eigenvalue weighted by Gasteiger charge is -2.19. The van der Waals surface area contributed by atoms with Crippen molar-refractivity contribution >= 4 is 11.7 Å². The summed E-state index contributed by atoms with van der Waals surface area (Å²) in [6, 6.07) is 5.35. The number of carbonyl (C=O) groups is 1. The van der Waals surface area contributed by atoms with Crippen LogP contribution in [0.25, 0.3) is 0 Å². The number of hydrogen-bond acceptors (Lipinski definition) is 4. The van der Waals surface area contributed by atoms with Gasteiger partial charge >= 0.3 is 6.03 Å². The average Bonchev–Trinajstić information content (AvgIpc) is 2.94. The minimum Gasteiger partial charge on any atom is -0.380 e. The first-order valence-electron chi connectivity index (χ1n) is 7.11. The molecule has 0 bridgehead atoms. The van der Waals surface area contributed by atoms with Crippen molar-refractivity contribution in [1.29, 1.82) is 0 Å². The van der Waals surface area contributed by atoms with Crippen molar-refractivity contribution in [2.24, 2.45) is 0 Å². The Morgan fingerprint density at radius 3 is 2.91 bits per heavy atom. The molecule has 7 heteroatoms. The van der Waals surface area contributed by atoms with Crippen molar-refractivity contribution in [3.05, 3.63) is 42.5 Å². The van der Waals surface area contributed by atoms with Gasteiger partial charge in [-0.2, -0.15) is 5.10 Å². The van der Waals surface area contributed by atoms with Crippen LogP contribution >= 0.6 is 0 Å². The number of methoxy groups -OCH3 is 1. The number of nitrogens with one attached hydrogen (secondary N) is 2. The van der Waals surface area contributed by atoms with Gasteiger partial charge in [0, 0.05) is 19.5 Å². The van der Waals surface area contributed by atoms with E-state index >= 15 is 0 Å². The first-order valence-corrected chi connectivity index (χ1v) is 7.11. The number of nitrogens with zero attached hydrogens (tertiary/aromatic N) is 3. The van der Waals surface area contributed by atoms with Crippen LogP contribution in [0, 0.1) is 0 Å². The summed E-state index contributed by atoms with van der Waals surface area (Å²) in [6.45, 7) is 4.34. The number of amides is 2. The van der Waals surface area contributed by atoms with Gasteiger partial charge in [0.05, 0.1) is 36.3 Å². The highest BCUT2D eigenvalue weighted by atomic mass is 16.5. The molecule has 0 saturated carbocycles. The topological polar surface area (TPSA) is 81.1 Å². The van der Waals surface area contributed by atoms with Crippen LogP contribution in [0.4, 0.5) is 10.5 Å². The van der Waals surface area contributed by atoms with Gasteiger partial charge in [-0.15, -0.1) is 0 Å². The Labute approximate surface area is 129 Å². The predicted octanol–water partition coefficient (Wildman–Crippen LogP) is 1.87. The highest BCUT2D eigenvalue weighted by Gasteiger charge is 2.14. The monoisotopic (exact) mass is 303 g/mol. The van der Waals surface area contributed by atoms with Crippen LogP contribution in [0.1, 0.15) is 19.5 Å². The van der Waals surface area contributed by atoms with Crippen LogP contribution in [-0.2, 0) is 11.3 Å². The summed E-state index contributed by atoms with van der Waals surface area (Å²) in [6.07, 6.45) is 5.05. The van der Waals surface area contributed by atoms with E-state index in [1.165, 1.54) is 0 Å². The maximum absolute atomic E-state index is 11.9. The molecule has 2 atom stereocenters. The van der Waals surface area contributed by atoms with Crippen LogP contribution in [0.5, 0.6) is 0 Å². The van der Waals surface area contributed by atoms with Crippen molar-refractivity contribution < 1.29 is 9.53 Å². The molecule has 0 aliphatic heterocycles. The maximum Gasteiger partial charge on any atom is 0.319 e. The molecule has 2 aromatic heterocycles. The number of anilines is 1. The zero-order valence-electron chi connectivity index (χ0n) is 13.0. The fourth-order valence-electron chi connectivity index (χ4n) is 1.87. The molecular formula is C15H21N5O2. The second-order valence-corrected chi connectivity index (χ2v) is 5.08. The van der Waals surface area contributed by atoms with Crippen LogP contribution in [0.2, 0.25) is 0 Å². The van der Waals surface area contributed by atoms with E-state index in [4.69, 9.17) is 4.74 Å². The van der Waals surface area contributed by atoms with Gasteiger partial charge in [0.25, 0.3) is 0 Å². The number of ether oxygens (including phenoxy) is 1. The Kier molecular flexibility index (Phi) is 5.48. The lowest BCUT2D eigenvalue weighted by molar-refractivity contribution is 0.0920. The molecule has 0 saturated heterocycles. The summed E-state index contributed by atoms with van der Waals surface area (Å²) in [7, 11) is 1.61. The van der Waals surface area contributed by atoms with Crippen molar-refractivity contribution in [1.82, 2.24) is 20.1 Å². The van der Waals surface area contributed by atoms with E-state index in [1.54, 1.807) is 30.4 Å². The molecule has 0 aliphatic rings. The van der Waals surface area contributed by atoms with Gasteiger partial charge in [0.15, 0.2) is 0 Å². The summed E-state index contributed by atoms with van der Waals surface area (Å²) in [5.41, 5.74) is 1.54. The number of aromatic nitrogens is 3. The zero-order chi connectivity index (χ0) is 15.9. The Bertz CT molecular complexity index is 599. The molecule has 22 heavy (non-hydrogen) atoms. The number of rotatable bonds is 6. The molecule has 2 heterocycles. The molecule has 2 aromatic rings. The van der Waals surface area contributed by atoms with E-state index in [9.17, 15) is 4.79 Å². The Balaban J connectivity index is 1.88. The van der Waals surface area contributed by atoms with Gasteiger partial charge < -0.3 is 15.4 Å². The van der Waals surface area contributed by atoms with Crippen LogP contribution in [0.3, 0.4) is 0 Å². The minimum atomic E-state index is -0.284. The van der Waals surface area contributed by atoms with E-state index in [2.05, 4.69) is 20.7 Å². The fourth-order valence-corrected chi connectivity index (χ4v) is 1.87. The standard InChI is InChI=1S/C15H21N5O2/c1-11(12(2)22-3)18-15(21)19-14-8-17-20(10-14)9-13-6-4-5-7-16-13/h4-8,10-12H,9H2,1-3H3,(H2,18,19,21)/t11-,12-/m0/s1. The normalized spacial score (nSPS) is 13.4. The Morgan fingerprint density at radius 2 is 2.23 bits per heavy atom. The van der Waals surface area contributed by atoms with Gasteiger partial charge in [0.1, 0.15) is 0 Å². The molecule has 0 spiro atoms. The van der Waals surface area contributed by atoms with E-state index in [0.29, 0.717) is 12.2 Å². The van der Waals surface area contributed by atoms with E-state index < -0.39 is 0 Å². The van der Waals surface area contributed by atoms with Crippen molar-refractivity contribution in [2.45, 2.75) is 32.5 Å². The van der Waals surface area contributed by atoms with E-state index in [-0.39, 0.29) is 18.2 Å². The third kappa shape index (κ3) is 4.56. The number of hydrogen-bond donors (Lipinski definition) is 2. The molecule has 2 N–H and O–H groups in total. The van der Waals surface area contributed by atoms with Gasteiger partial charge in [0.2, 0.25) is 0 Å². The van der Waals surface area contributed by atoms with Crippen LogP contribution in [0.15, 0.2) is 36.8 Å². The molecule has 2 amide bonds. The molecular weight excluding hydrogens is 282 g/mol. The molecule has 0 aromatic carbocycles. The summed E-state index contributed by atoms with van der Waals surface area (Å²) in [5, 5.41) is 9.77. The van der Waals surface area contributed by atoms with Crippen LogP contribution < -0.4 is 10.6 Å². The molecule has 0 radical (unpaired) electrons. The second-order valence-electron chi connectivity index (χ2n) is 5.08. The SMILES string of the molecule is CO[C@@H](C)[C@H](C)NC(=O)Nc1cnn(Cc2ccccn2)c1. The van der Waals surface area contributed by atoms with Crippen molar-refractivity contribution in [2.75, 3.05) is 12.4 Å². The van der Waals surface area contributed by atoms with Crippen molar-refractivity contribution in [3.8, 4) is 0 Å². The smallest absolute Gasteiger partial charge is 0.319 e. The van der Waals surface area contributed by atoms with Gasteiger partial charge in [-0.05, 0) is 26.0 Å². The summed E-state index contributed by atoms with van der Waals surface area (Å²) >= 11 is 0. The first kappa shape index (κ1) is 16.0. The highest BCUT2D eigenvalue weighted by Crippen LogP contribution is 2.07. The summed E-state index contributed by atoms with van der Waals surface area (Å²) in [4.78, 5) is 16.1. The van der Waals surface area contributed by atoms with E-state index in [0.717, 1.165) is 5.69 Å². The Morgan fingerprint density at radius 1 is 1.41 bits per heavy atom.